The van der Waals surface area contributed by atoms with E-state index in [2.05, 4.69) is 4.74 Å². The Balaban J connectivity index is 0.00000220. The number of carboxylic acids is 1. The molecular weight excluding hydrogens is 311 g/mol. The molecule has 0 aromatic heterocycles. The van der Waals surface area contributed by atoms with Crippen molar-refractivity contribution in [1.82, 2.24) is 4.90 Å². The fraction of sp³-hybridized carbons (Fsp3) is 0.545. The number of aliphatic carboxylic acids is 1. The van der Waals surface area contributed by atoms with Gasteiger partial charge in [-0.25, -0.2) is 4.79 Å². The molecule has 10 heteroatoms. The summed E-state index contributed by atoms with van der Waals surface area (Å²) >= 11 is 1.16. The molecule has 0 aromatic rings. The van der Waals surface area contributed by atoms with Gasteiger partial charge in [0.1, 0.15) is 5.37 Å². The predicted molar refractivity (Wildman–Crippen MR) is 65.6 cm³/mol. The number of β-lactam (4-membered cyclic amide) rings is 1. The molecule has 110 valence electrons. The smallest absolute Gasteiger partial charge is 0.543 e. The summed E-state index contributed by atoms with van der Waals surface area (Å²) in [6.07, 6.45) is -1.69. The van der Waals surface area contributed by atoms with Crippen molar-refractivity contribution in [2.24, 2.45) is 11.7 Å². The Bertz CT molecular complexity index is 509. The summed E-state index contributed by atoms with van der Waals surface area (Å²) in [4.78, 5) is 35.0. The van der Waals surface area contributed by atoms with Gasteiger partial charge in [0.2, 0.25) is 5.91 Å². The number of ether oxygens (including phenoxy) is 1. The third-order valence-electron chi connectivity index (χ3n) is 3.14. The number of fused-ring (bicyclic) bond motifs is 1. The molecule has 0 aliphatic carbocycles. The fourth-order valence-corrected chi connectivity index (χ4v) is 3.86. The zero-order chi connectivity index (χ0) is 15.0. The summed E-state index contributed by atoms with van der Waals surface area (Å²) in [6.45, 7) is 1.40. The molecule has 0 spiro atoms. The third kappa shape index (κ3) is 3.37. The molecule has 0 bridgehead atoms. The Morgan fingerprint density at radius 1 is 1.57 bits per heavy atom. The fourth-order valence-electron chi connectivity index (χ4n) is 2.26. The number of amides is 2. The van der Waals surface area contributed by atoms with Gasteiger partial charge in [-0.2, -0.15) is 0 Å². The van der Waals surface area contributed by atoms with E-state index in [-0.39, 0.29) is 48.3 Å². The van der Waals surface area contributed by atoms with E-state index in [0.29, 0.717) is 4.91 Å². The minimum atomic E-state index is -1.47. The van der Waals surface area contributed by atoms with E-state index >= 15 is 0 Å². The van der Waals surface area contributed by atoms with E-state index in [1.807, 2.05) is 0 Å². The summed E-state index contributed by atoms with van der Waals surface area (Å²) in [5, 5.41) is 20.2. The van der Waals surface area contributed by atoms with Gasteiger partial charge in [0.15, 0.2) is 0 Å². The Morgan fingerprint density at radius 3 is 2.67 bits per heavy atom. The molecule has 0 aromatic carbocycles. The van der Waals surface area contributed by atoms with Crippen molar-refractivity contribution in [2.75, 3.05) is 6.61 Å². The number of nitrogens with zero attached hydrogens (tertiary/aromatic N) is 1. The van der Waals surface area contributed by atoms with Crippen molar-refractivity contribution in [3.8, 4) is 0 Å². The van der Waals surface area contributed by atoms with Crippen LogP contribution in [0.25, 0.3) is 0 Å². The van der Waals surface area contributed by atoms with Crippen molar-refractivity contribution in [3.63, 3.8) is 0 Å². The van der Waals surface area contributed by atoms with Crippen LogP contribution in [0.3, 0.4) is 0 Å². The first-order chi connectivity index (χ1) is 9.34. The summed E-state index contributed by atoms with van der Waals surface area (Å²) in [5.41, 5.74) is 4.60. The quantitative estimate of drug-likeness (QED) is 0.384. The van der Waals surface area contributed by atoms with Crippen LogP contribution in [0.1, 0.15) is 13.3 Å². The largest absolute Gasteiger partial charge is 1.00 e. The number of carbonyl (C=O) groups excluding carboxylic acids is 3. The van der Waals surface area contributed by atoms with Gasteiger partial charge in [0, 0.05) is 11.3 Å². The minimum Gasteiger partial charge on any atom is -0.543 e. The maximum absolute atomic E-state index is 11.8. The van der Waals surface area contributed by atoms with E-state index < -0.39 is 35.4 Å². The first-order valence-electron chi connectivity index (χ1n) is 5.89. The first-order valence-corrected chi connectivity index (χ1v) is 6.77. The van der Waals surface area contributed by atoms with Crippen LogP contribution in [0.15, 0.2) is 10.6 Å². The number of thioether (sulfide) groups is 1. The van der Waals surface area contributed by atoms with Gasteiger partial charge in [0.25, 0.3) is 0 Å². The molecule has 3 atom stereocenters. The second kappa shape index (κ2) is 7.01. The number of carbonyl (C=O) groups is 3. The number of aliphatic hydroxyl groups excluding tert-OH is 1. The van der Waals surface area contributed by atoms with Crippen molar-refractivity contribution in [3.05, 3.63) is 10.6 Å². The second-order valence-electron chi connectivity index (χ2n) is 4.46. The predicted octanol–water partition coefficient (Wildman–Crippen LogP) is -4.65. The molecule has 1 saturated heterocycles. The van der Waals surface area contributed by atoms with E-state index in [4.69, 9.17) is 5.73 Å². The number of primary amides is 1. The van der Waals surface area contributed by atoms with Crippen LogP contribution in [0, 0.1) is 5.92 Å². The average Bonchev–Trinajstić information content (AvgIpc) is 2.63. The molecule has 21 heavy (non-hydrogen) atoms. The minimum absolute atomic E-state index is 0. The zero-order valence-corrected chi connectivity index (χ0v) is 14.4. The van der Waals surface area contributed by atoms with Crippen LogP contribution in [0.2, 0.25) is 0 Å². The molecule has 2 heterocycles. The monoisotopic (exact) mass is 324 g/mol. The van der Waals surface area contributed by atoms with Crippen LogP contribution in [0.5, 0.6) is 0 Å². The van der Waals surface area contributed by atoms with Crippen molar-refractivity contribution >= 4 is 29.7 Å². The Hall–Kier alpha value is -0.740. The average molecular weight is 324 g/mol. The number of rotatable bonds is 5. The summed E-state index contributed by atoms with van der Waals surface area (Å²) in [5.74, 6) is -2.54. The molecule has 8 nitrogen and oxygen atoms in total. The standard InChI is InChI=1S/C11H14N2O6S.Na/c1-4(14)6-8(15)13-7(10(16)17)5(20-9(6)13)2-3-19-11(12)18;/h4,6,9,14H,2-3H2,1H3,(H2,12,18)(H,16,17);/q;+1/p-1/t4?,6-,9+;/m0./s1. The number of hydrogen-bond donors (Lipinski definition) is 2. The first kappa shape index (κ1) is 18.3. The molecular formula is C11H13N2NaO6S. The van der Waals surface area contributed by atoms with Gasteiger partial charge in [-0.05, 0) is 6.92 Å². The van der Waals surface area contributed by atoms with Gasteiger partial charge in [-0.1, -0.05) is 0 Å². The molecule has 2 aliphatic rings. The Kier molecular flexibility index (Phi) is 6.11. The zero-order valence-electron chi connectivity index (χ0n) is 11.6. The second-order valence-corrected chi connectivity index (χ2v) is 5.67. The molecule has 2 rings (SSSR count). The molecule has 1 unspecified atom stereocenters. The normalized spacial score (nSPS) is 24.9. The number of aliphatic hydroxyl groups is 1. The van der Waals surface area contributed by atoms with E-state index in [9.17, 15) is 24.6 Å². The van der Waals surface area contributed by atoms with Gasteiger partial charge in [-0.15, -0.1) is 11.8 Å². The van der Waals surface area contributed by atoms with Crippen LogP contribution in [0.4, 0.5) is 4.79 Å². The SMILES string of the molecule is CC(O)[C@H]1C(=O)N2C(C(=O)[O-])=C(CCOC(N)=O)S[C@H]12.[Na+]. The topological polar surface area (TPSA) is 133 Å². The van der Waals surface area contributed by atoms with Crippen LogP contribution in [-0.2, 0) is 14.3 Å². The molecule has 0 saturated carbocycles. The maximum atomic E-state index is 11.8. The van der Waals surface area contributed by atoms with E-state index in [0.717, 1.165) is 16.7 Å². The van der Waals surface area contributed by atoms with E-state index in [1.54, 1.807) is 0 Å². The number of hydrogen-bond acceptors (Lipinski definition) is 7. The van der Waals surface area contributed by atoms with E-state index in [1.165, 1.54) is 6.92 Å². The van der Waals surface area contributed by atoms with Crippen LogP contribution in [-0.4, -0.2) is 46.1 Å². The van der Waals surface area contributed by atoms with Crippen molar-refractivity contribution in [2.45, 2.75) is 24.8 Å². The van der Waals surface area contributed by atoms with Gasteiger partial charge < -0.3 is 25.5 Å². The summed E-state index contributed by atoms with van der Waals surface area (Å²) < 4.78 is 4.55. The molecule has 2 amide bonds. The summed E-state index contributed by atoms with van der Waals surface area (Å²) in [6, 6.07) is 0. The molecule has 3 N–H and O–H groups in total. The van der Waals surface area contributed by atoms with Crippen molar-refractivity contribution in [1.29, 1.82) is 0 Å². The van der Waals surface area contributed by atoms with Crippen molar-refractivity contribution < 1.29 is 58.9 Å². The van der Waals surface area contributed by atoms with Crippen LogP contribution >= 0.6 is 11.8 Å². The van der Waals surface area contributed by atoms with Gasteiger partial charge in [0.05, 0.1) is 30.3 Å². The molecule has 1 fully saturated rings. The molecule has 0 radical (unpaired) electrons. The molecule has 2 aliphatic heterocycles. The third-order valence-corrected chi connectivity index (χ3v) is 4.57. The number of nitrogens with two attached hydrogens (primary N) is 1. The van der Waals surface area contributed by atoms with Crippen LogP contribution < -0.4 is 40.4 Å². The number of carboxylic acid groups (broad SMARTS) is 1. The summed E-state index contributed by atoms with van der Waals surface area (Å²) in [7, 11) is 0. The Labute approximate surface area is 147 Å². The van der Waals surface area contributed by atoms with Gasteiger partial charge in [-0.3, -0.25) is 9.69 Å². The van der Waals surface area contributed by atoms with Gasteiger partial charge >= 0.3 is 35.7 Å². The maximum Gasteiger partial charge on any atom is 1.00 e. The Morgan fingerprint density at radius 2 is 2.19 bits per heavy atom.